The number of nitrogens with one attached hydrogen (secondary N) is 5. The number of ether oxygens (including phenoxy) is 4. The number of phenols is 1. The van der Waals surface area contributed by atoms with E-state index in [1.807, 2.05) is 93.6 Å². The first kappa shape index (κ1) is 51.1. The number of methoxy groups -OCH3 is 4. The molecule has 358 valence electrons. The first-order valence-electron chi connectivity index (χ1n) is 22.2. The lowest BCUT2D eigenvalue weighted by Gasteiger charge is -2.35. The van der Waals surface area contributed by atoms with Gasteiger partial charge in [0, 0.05) is 36.3 Å². The molecular formula is C52H65N5O10. The molecule has 0 heterocycles. The van der Waals surface area contributed by atoms with Gasteiger partial charge in [0.2, 0.25) is 23.6 Å². The summed E-state index contributed by atoms with van der Waals surface area (Å²) in [6.45, 7) is 8.94. The van der Waals surface area contributed by atoms with Gasteiger partial charge in [-0.25, -0.2) is 0 Å². The number of carbonyl (C=O) groups excluding carboxylic acids is 4. The zero-order chi connectivity index (χ0) is 48.8. The van der Waals surface area contributed by atoms with Gasteiger partial charge in [-0.1, -0.05) is 107 Å². The molecule has 0 fully saturated rings. The maximum atomic E-state index is 14.7. The van der Waals surface area contributed by atoms with E-state index in [1.165, 1.54) is 34.5 Å². The van der Waals surface area contributed by atoms with E-state index in [9.17, 15) is 29.4 Å². The Hall–Kier alpha value is -6.84. The van der Waals surface area contributed by atoms with Crippen LogP contribution in [0.25, 0.3) is 10.8 Å². The number of aliphatic hydroxyl groups excluding tert-OH is 1. The number of benzene rings is 5. The van der Waals surface area contributed by atoms with Crippen LogP contribution in [0.4, 0.5) is 0 Å². The second kappa shape index (κ2) is 23.6. The highest BCUT2D eigenvalue weighted by atomic mass is 16.5. The topological polar surface area (TPSA) is 206 Å². The first-order chi connectivity index (χ1) is 32.0. The minimum atomic E-state index is -1.63. The van der Waals surface area contributed by atoms with Gasteiger partial charge in [-0.3, -0.25) is 24.5 Å². The molecule has 0 aromatic heterocycles. The number of carbonyl (C=O) groups is 4. The molecule has 5 rings (SSSR count). The smallest absolute Gasteiger partial charge is 0.243 e. The minimum Gasteiger partial charge on any atom is -0.507 e. The molecule has 0 saturated carbocycles. The van der Waals surface area contributed by atoms with Crippen molar-refractivity contribution < 1.29 is 48.3 Å². The minimum absolute atomic E-state index is 0.0227. The van der Waals surface area contributed by atoms with Crippen LogP contribution in [-0.4, -0.2) is 92.6 Å². The Morgan fingerprint density at radius 2 is 1.28 bits per heavy atom. The quantitative estimate of drug-likeness (QED) is 0.0471. The van der Waals surface area contributed by atoms with Gasteiger partial charge in [0.1, 0.15) is 35.4 Å². The second-order valence-corrected chi connectivity index (χ2v) is 17.8. The third-order valence-corrected chi connectivity index (χ3v) is 11.6. The molecular weight excluding hydrogens is 855 g/mol. The largest absolute Gasteiger partial charge is 0.507 e. The van der Waals surface area contributed by atoms with Crippen molar-refractivity contribution >= 4 is 34.4 Å². The van der Waals surface area contributed by atoms with E-state index < -0.39 is 59.3 Å². The van der Waals surface area contributed by atoms with Crippen LogP contribution in [0.3, 0.4) is 0 Å². The van der Waals surface area contributed by atoms with Crippen molar-refractivity contribution in [3.63, 3.8) is 0 Å². The summed E-state index contributed by atoms with van der Waals surface area (Å²) in [5, 5.41) is 39.9. The Morgan fingerprint density at radius 3 is 1.93 bits per heavy atom. The lowest BCUT2D eigenvalue weighted by atomic mass is 9.85. The van der Waals surface area contributed by atoms with E-state index >= 15 is 0 Å². The summed E-state index contributed by atoms with van der Waals surface area (Å²) in [4.78, 5) is 57.0. The molecule has 0 aliphatic carbocycles. The van der Waals surface area contributed by atoms with Crippen LogP contribution in [0.5, 0.6) is 28.7 Å². The Labute approximate surface area is 392 Å². The molecule has 0 bridgehead atoms. The molecule has 0 aliphatic heterocycles. The van der Waals surface area contributed by atoms with Crippen LogP contribution < -0.4 is 45.5 Å². The van der Waals surface area contributed by atoms with Crippen LogP contribution in [0.2, 0.25) is 0 Å². The number of amides is 4. The lowest BCUT2D eigenvalue weighted by molar-refractivity contribution is -0.135. The monoisotopic (exact) mass is 919 g/mol. The van der Waals surface area contributed by atoms with Gasteiger partial charge in [-0.05, 0) is 57.9 Å². The molecule has 0 aliphatic rings. The van der Waals surface area contributed by atoms with Crippen molar-refractivity contribution in [1.29, 1.82) is 0 Å². The Kier molecular flexibility index (Phi) is 18.0. The highest BCUT2D eigenvalue weighted by Gasteiger charge is 2.40. The van der Waals surface area contributed by atoms with E-state index in [0.29, 0.717) is 34.1 Å². The van der Waals surface area contributed by atoms with E-state index in [0.717, 1.165) is 21.9 Å². The molecule has 15 heteroatoms. The fourth-order valence-electron chi connectivity index (χ4n) is 7.84. The summed E-state index contributed by atoms with van der Waals surface area (Å²) < 4.78 is 21.9. The average Bonchev–Trinajstić information content (AvgIpc) is 3.31. The zero-order valence-corrected chi connectivity index (χ0v) is 39.8. The van der Waals surface area contributed by atoms with Crippen molar-refractivity contribution in [2.75, 3.05) is 28.4 Å². The molecule has 0 unspecified atom stereocenters. The predicted molar refractivity (Wildman–Crippen MR) is 257 cm³/mol. The number of hydrogen-bond acceptors (Lipinski definition) is 11. The summed E-state index contributed by atoms with van der Waals surface area (Å²) in [6, 6.07) is 26.0. The summed E-state index contributed by atoms with van der Waals surface area (Å²) in [5.74, 6) is -1.06. The number of fused-ring (bicyclic) bond motifs is 1. The van der Waals surface area contributed by atoms with E-state index in [-0.39, 0.29) is 37.6 Å². The number of phenolic OH excluding ortho intramolecular Hbond substituents is 1. The summed E-state index contributed by atoms with van der Waals surface area (Å²) in [6.07, 6.45) is -1.52. The predicted octanol–water partition coefficient (Wildman–Crippen LogP) is 5.36. The molecule has 5 atom stereocenters. The lowest BCUT2D eigenvalue weighted by Crippen LogP contribution is -2.64. The molecule has 5 aromatic rings. The van der Waals surface area contributed by atoms with Gasteiger partial charge in [-0.15, -0.1) is 0 Å². The average molecular weight is 920 g/mol. The van der Waals surface area contributed by atoms with Crippen LogP contribution >= 0.6 is 0 Å². The Balaban J connectivity index is 1.47. The zero-order valence-electron chi connectivity index (χ0n) is 39.8. The number of aromatic hydroxyl groups is 1. The van der Waals surface area contributed by atoms with Gasteiger partial charge in [0.25, 0.3) is 0 Å². The molecule has 0 spiro atoms. The fourth-order valence-corrected chi connectivity index (χ4v) is 7.84. The molecule has 67 heavy (non-hydrogen) atoms. The van der Waals surface area contributed by atoms with Crippen molar-refractivity contribution in [2.24, 2.45) is 11.3 Å². The molecule has 5 aromatic carbocycles. The molecule has 15 nitrogen and oxygen atoms in total. The van der Waals surface area contributed by atoms with Gasteiger partial charge in [-0.2, -0.15) is 0 Å². The molecule has 0 saturated heterocycles. The number of aliphatic hydroxyl groups is 1. The van der Waals surface area contributed by atoms with Crippen molar-refractivity contribution in [3.8, 4) is 28.7 Å². The highest BCUT2D eigenvalue weighted by Crippen LogP contribution is 2.35. The molecule has 4 amide bonds. The number of hydrogen-bond donors (Lipinski definition) is 7. The standard InChI is InChI=1S/C52H65N5O10/c1-31(2)45(49(61)54-29-35-22-23-37(64-6)27-40(35)58)57-50(62)46(53-30-36-25-42(66-8)43(67-9)28-41(36)65-7)47(60)39(24-32-16-11-10-12-17-32)55-51(63)48(52(3,4)5)56-44(59)26-34-20-15-19-33-18-13-14-21-38(33)34/h10-23,25,27-28,31,39,45-48,53,58,60H,24,26,29-30H2,1-9H3,(H,54,61)(H,55,63)(H,56,59)(H,57,62)/t39-,45-,46+,47+,48+/m0/s1. The maximum Gasteiger partial charge on any atom is 0.243 e. The van der Waals surface area contributed by atoms with Crippen LogP contribution in [-0.2, 0) is 45.1 Å². The first-order valence-corrected chi connectivity index (χ1v) is 22.2. The van der Waals surface area contributed by atoms with Crippen LogP contribution in [0.1, 0.15) is 56.9 Å². The summed E-state index contributed by atoms with van der Waals surface area (Å²) in [7, 11) is 5.95. The Morgan fingerprint density at radius 1 is 0.627 bits per heavy atom. The van der Waals surface area contributed by atoms with E-state index in [4.69, 9.17) is 18.9 Å². The molecule has 0 radical (unpaired) electrons. The van der Waals surface area contributed by atoms with Gasteiger partial charge in [0.05, 0.1) is 47.0 Å². The SMILES string of the molecule is COc1ccc(CNC(=O)[C@@H](NC(=O)[C@H](NCc2cc(OC)c(OC)cc2OC)[C@H](O)[C@H](Cc2ccccc2)NC(=O)[C@@H](NC(=O)Cc2cccc3ccccc23)C(C)(C)C)C(C)C)c(O)c1. The third kappa shape index (κ3) is 13.6. The van der Waals surface area contributed by atoms with E-state index in [2.05, 4.69) is 26.6 Å². The van der Waals surface area contributed by atoms with Crippen LogP contribution in [0, 0.1) is 11.3 Å². The summed E-state index contributed by atoms with van der Waals surface area (Å²) in [5.41, 5.74) is 1.74. The van der Waals surface area contributed by atoms with Gasteiger partial charge >= 0.3 is 0 Å². The van der Waals surface area contributed by atoms with Gasteiger partial charge < -0.3 is 50.4 Å². The highest BCUT2D eigenvalue weighted by molar-refractivity contribution is 5.93. The third-order valence-electron chi connectivity index (χ3n) is 11.6. The van der Waals surface area contributed by atoms with Crippen molar-refractivity contribution in [2.45, 2.75) is 90.8 Å². The summed E-state index contributed by atoms with van der Waals surface area (Å²) >= 11 is 0. The van der Waals surface area contributed by atoms with Crippen molar-refractivity contribution in [3.05, 3.63) is 125 Å². The second-order valence-electron chi connectivity index (χ2n) is 17.8. The maximum absolute atomic E-state index is 14.7. The van der Waals surface area contributed by atoms with E-state index in [1.54, 1.807) is 38.1 Å². The van der Waals surface area contributed by atoms with Crippen molar-refractivity contribution in [1.82, 2.24) is 26.6 Å². The Bertz CT molecular complexity index is 2470. The molecule has 7 N–H and O–H groups in total. The van der Waals surface area contributed by atoms with Gasteiger partial charge in [0.15, 0.2) is 11.5 Å². The van der Waals surface area contributed by atoms with Crippen LogP contribution in [0.15, 0.2) is 103 Å². The number of rotatable bonds is 22. The fraction of sp³-hybridized carbons (Fsp3) is 0.385. The normalized spacial score (nSPS) is 13.7.